The summed E-state index contributed by atoms with van der Waals surface area (Å²) in [5, 5.41) is 3.67. The van der Waals surface area contributed by atoms with Crippen molar-refractivity contribution in [2.75, 3.05) is 16.7 Å². The lowest BCUT2D eigenvalue weighted by molar-refractivity contribution is 0.103. The van der Waals surface area contributed by atoms with E-state index in [1.54, 1.807) is 24.3 Å². The van der Waals surface area contributed by atoms with Crippen molar-refractivity contribution in [1.82, 2.24) is 0 Å². The van der Waals surface area contributed by atoms with Crippen LogP contribution in [0.5, 0.6) is 0 Å². The van der Waals surface area contributed by atoms with E-state index >= 15 is 0 Å². The maximum Gasteiger partial charge on any atom is 0.265 e. The van der Waals surface area contributed by atoms with Crippen LogP contribution in [-0.4, -0.2) is 21.4 Å². The summed E-state index contributed by atoms with van der Waals surface area (Å²) in [6, 6.07) is 19.4. The Hall–Kier alpha value is -3.23. The van der Waals surface area contributed by atoms with Crippen LogP contribution in [-0.2, 0) is 10.0 Å². The SMILES string of the molecule is CC(C)c1ccc(NC(=O)c2cc3cc(N(C)S(=O)(=O)c4ccc(F)cc4)ccc3s2)cc1. The van der Waals surface area contributed by atoms with Crippen LogP contribution in [0.25, 0.3) is 10.1 Å². The molecule has 1 amide bonds. The Morgan fingerprint density at radius 2 is 1.64 bits per heavy atom. The minimum absolute atomic E-state index is 0.000340. The van der Waals surface area contributed by atoms with Crippen molar-refractivity contribution in [3.8, 4) is 0 Å². The second-order valence-electron chi connectivity index (χ2n) is 7.99. The van der Waals surface area contributed by atoms with Gasteiger partial charge in [-0.1, -0.05) is 26.0 Å². The van der Waals surface area contributed by atoms with Crippen molar-refractivity contribution in [2.24, 2.45) is 0 Å². The third-order valence-electron chi connectivity index (χ3n) is 5.39. The van der Waals surface area contributed by atoms with Gasteiger partial charge in [-0.3, -0.25) is 9.10 Å². The Morgan fingerprint density at radius 3 is 2.27 bits per heavy atom. The van der Waals surface area contributed by atoms with Crippen molar-refractivity contribution in [2.45, 2.75) is 24.7 Å². The molecular weight excluding hydrogens is 459 g/mol. The van der Waals surface area contributed by atoms with E-state index in [1.165, 1.54) is 36.1 Å². The lowest BCUT2D eigenvalue weighted by atomic mass is 10.0. The number of anilines is 2. The first-order valence-corrected chi connectivity index (χ1v) is 12.6. The lowest BCUT2D eigenvalue weighted by Crippen LogP contribution is -2.26. The molecule has 1 aromatic heterocycles. The molecule has 4 aromatic rings. The maximum atomic E-state index is 13.2. The number of halogens is 1. The third-order valence-corrected chi connectivity index (χ3v) is 8.31. The number of hydrogen-bond donors (Lipinski definition) is 1. The zero-order chi connectivity index (χ0) is 23.8. The first-order chi connectivity index (χ1) is 15.6. The van der Waals surface area contributed by atoms with Crippen molar-refractivity contribution >= 4 is 48.7 Å². The molecule has 0 unspecified atom stereocenters. The van der Waals surface area contributed by atoms with Gasteiger partial charge in [0.1, 0.15) is 5.82 Å². The Balaban J connectivity index is 1.56. The normalized spacial score (nSPS) is 11.7. The Bertz CT molecular complexity index is 1410. The predicted molar refractivity (Wildman–Crippen MR) is 132 cm³/mol. The molecule has 0 spiro atoms. The molecule has 170 valence electrons. The van der Waals surface area contributed by atoms with Crippen LogP contribution < -0.4 is 9.62 Å². The molecule has 0 atom stereocenters. The van der Waals surface area contributed by atoms with E-state index in [0.717, 1.165) is 26.5 Å². The largest absolute Gasteiger partial charge is 0.321 e. The number of sulfonamides is 1. The number of amides is 1. The number of thiophene rings is 1. The fourth-order valence-corrected chi connectivity index (χ4v) is 5.51. The highest BCUT2D eigenvalue weighted by Gasteiger charge is 2.22. The fourth-order valence-electron chi connectivity index (χ4n) is 3.39. The number of fused-ring (bicyclic) bond motifs is 1. The molecule has 0 radical (unpaired) electrons. The van der Waals surface area contributed by atoms with Crippen molar-refractivity contribution in [3.05, 3.63) is 89.1 Å². The first-order valence-electron chi connectivity index (χ1n) is 10.3. The molecule has 0 fully saturated rings. The number of benzene rings is 3. The van der Waals surface area contributed by atoms with Crippen LogP contribution in [0, 0.1) is 5.82 Å². The number of carbonyl (C=O) groups excluding carboxylic acids is 1. The smallest absolute Gasteiger partial charge is 0.265 e. The van der Waals surface area contributed by atoms with Crippen LogP contribution in [0.1, 0.15) is 35.0 Å². The minimum Gasteiger partial charge on any atom is -0.321 e. The average Bonchev–Trinajstić information content (AvgIpc) is 3.23. The van der Waals surface area contributed by atoms with Gasteiger partial charge in [-0.05, 0) is 77.5 Å². The van der Waals surface area contributed by atoms with Crippen LogP contribution in [0.2, 0.25) is 0 Å². The topological polar surface area (TPSA) is 66.5 Å². The average molecular weight is 483 g/mol. The molecule has 1 N–H and O–H groups in total. The molecule has 4 rings (SSSR count). The third kappa shape index (κ3) is 4.77. The fraction of sp³-hybridized carbons (Fsp3) is 0.160. The summed E-state index contributed by atoms with van der Waals surface area (Å²) in [6.45, 7) is 4.22. The molecule has 0 aliphatic carbocycles. The number of hydrogen-bond acceptors (Lipinski definition) is 4. The molecule has 0 saturated carbocycles. The second-order valence-corrected chi connectivity index (χ2v) is 11.0. The summed E-state index contributed by atoms with van der Waals surface area (Å²) >= 11 is 1.34. The highest BCUT2D eigenvalue weighted by Crippen LogP contribution is 2.31. The van der Waals surface area contributed by atoms with E-state index in [0.29, 0.717) is 22.2 Å². The zero-order valence-corrected chi connectivity index (χ0v) is 20.0. The van der Waals surface area contributed by atoms with E-state index in [-0.39, 0.29) is 10.8 Å². The summed E-state index contributed by atoms with van der Waals surface area (Å²) < 4.78 is 41.0. The summed E-state index contributed by atoms with van der Waals surface area (Å²) in [6.07, 6.45) is 0. The first kappa shape index (κ1) is 22.9. The molecule has 0 aliphatic heterocycles. The quantitative estimate of drug-likeness (QED) is 0.354. The molecule has 8 heteroatoms. The van der Waals surface area contributed by atoms with Gasteiger partial charge in [0, 0.05) is 17.4 Å². The number of nitrogens with zero attached hydrogens (tertiary/aromatic N) is 1. The lowest BCUT2D eigenvalue weighted by Gasteiger charge is -2.19. The summed E-state index contributed by atoms with van der Waals surface area (Å²) in [5.74, 6) is -0.308. The standard InChI is InChI=1S/C25H23FN2O3S2/c1-16(2)17-4-8-20(9-5-17)27-25(29)24-15-18-14-21(10-13-23(18)32-24)28(3)33(30,31)22-11-6-19(26)7-12-22/h4-16H,1-3H3,(H,27,29). The van der Waals surface area contributed by atoms with E-state index in [4.69, 9.17) is 0 Å². The summed E-state index contributed by atoms with van der Waals surface area (Å²) in [7, 11) is -2.40. The monoisotopic (exact) mass is 482 g/mol. The highest BCUT2D eigenvalue weighted by atomic mass is 32.2. The van der Waals surface area contributed by atoms with Gasteiger partial charge in [-0.25, -0.2) is 12.8 Å². The molecular formula is C25H23FN2O3S2. The molecule has 0 bridgehead atoms. The molecule has 0 saturated heterocycles. The van der Waals surface area contributed by atoms with Gasteiger partial charge in [0.05, 0.1) is 15.5 Å². The number of nitrogens with one attached hydrogen (secondary N) is 1. The predicted octanol–water partition coefficient (Wildman–Crippen LogP) is 6.24. The van der Waals surface area contributed by atoms with E-state index in [2.05, 4.69) is 19.2 Å². The van der Waals surface area contributed by atoms with E-state index in [1.807, 2.05) is 24.3 Å². The van der Waals surface area contributed by atoms with Gasteiger partial charge in [0.25, 0.3) is 15.9 Å². The van der Waals surface area contributed by atoms with Gasteiger partial charge < -0.3 is 5.32 Å². The van der Waals surface area contributed by atoms with Gasteiger partial charge in [0.2, 0.25) is 0 Å². The Kier molecular flexibility index (Phi) is 6.23. The number of carbonyl (C=O) groups is 1. The second kappa shape index (κ2) is 8.96. The molecule has 3 aromatic carbocycles. The Labute approximate surface area is 196 Å². The zero-order valence-electron chi connectivity index (χ0n) is 18.4. The number of rotatable bonds is 6. The molecule has 33 heavy (non-hydrogen) atoms. The molecule has 1 heterocycles. The maximum absolute atomic E-state index is 13.2. The molecule has 5 nitrogen and oxygen atoms in total. The van der Waals surface area contributed by atoms with Crippen molar-refractivity contribution in [1.29, 1.82) is 0 Å². The van der Waals surface area contributed by atoms with Gasteiger partial charge >= 0.3 is 0 Å². The van der Waals surface area contributed by atoms with Crippen molar-refractivity contribution < 1.29 is 17.6 Å². The molecule has 0 aliphatic rings. The van der Waals surface area contributed by atoms with Gasteiger partial charge in [-0.2, -0.15) is 0 Å². The van der Waals surface area contributed by atoms with Crippen LogP contribution in [0.15, 0.2) is 77.7 Å². The highest BCUT2D eigenvalue weighted by molar-refractivity contribution is 7.92. The van der Waals surface area contributed by atoms with Crippen LogP contribution in [0.4, 0.5) is 15.8 Å². The Morgan fingerprint density at radius 1 is 0.970 bits per heavy atom. The summed E-state index contributed by atoms with van der Waals surface area (Å²) in [4.78, 5) is 13.3. The van der Waals surface area contributed by atoms with E-state index < -0.39 is 15.8 Å². The van der Waals surface area contributed by atoms with Crippen LogP contribution in [0.3, 0.4) is 0 Å². The van der Waals surface area contributed by atoms with E-state index in [9.17, 15) is 17.6 Å². The van der Waals surface area contributed by atoms with Gasteiger partial charge in [-0.15, -0.1) is 11.3 Å². The van der Waals surface area contributed by atoms with Crippen molar-refractivity contribution in [3.63, 3.8) is 0 Å². The van der Waals surface area contributed by atoms with Crippen LogP contribution >= 0.6 is 11.3 Å². The minimum atomic E-state index is -3.85. The van der Waals surface area contributed by atoms with Gasteiger partial charge in [0.15, 0.2) is 0 Å². The summed E-state index contributed by atoms with van der Waals surface area (Å²) in [5.41, 5.74) is 2.36.